The number of nitrogens with one attached hydrogen (secondary N) is 2. The van der Waals surface area contributed by atoms with E-state index in [-0.39, 0.29) is 5.91 Å². The summed E-state index contributed by atoms with van der Waals surface area (Å²) >= 11 is 7.44. The monoisotopic (exact) mass is 477 g/mol. The zero-order chi connectivity index (χ0) is 22.9. The lowest BCUT2D eigenvalue weighted by Gasteiger charge is -2.31. The smallest absolute Gasteiger partial charge is 0.321 e. The number of ether oxygens (including phenoxy) is 1. The lowest BCUT2D eigenvalue weighted by Crippen LogP contribution is -2.43. The highest BCUT2D eigenvalue weighted by Crippen LogP contribution is 2.21. The molecule has 0 aliphatic carbocycles. The van der Waals surface area contributed by atoms with E-state index in [9.17, 15) is 19.2 Å². The number of rotatable bonds is 7. The van der Waals surface area contributed by atoms with E-state index in [1.165, 1.54) is 0 Å². The Kier molecular flexibility index (Phi) is 8.64. The van der Waals surface area contributed by atoms with Crippen molar-refractivity contribution in [2.24, 2.45) is 5.92 Å². The van der Waals surface area contributed by atoms with Crippen LogP contribution in [0.3, 0.4) is 0 Å². The molecule has 0 radical (unpaired) electrons. The van der Waals surface area contributed by atoms with Crippen molar-refractivity contribution in [3.8, 4) is 0 Å². The number of carbonyl (C=O) groups excluding carboxylic acids is 4. The Morgan fingerprint density at radius 1 is 1.09 bits per heavy atom. The van der Waals surface area contributed by atoms with Crippen LogP contribution in [0.1, 0.15) is 28.1 Å². The van der Waals surface area contributed by atoms with Crippen molar-refractivity contribution >= 4 is 46.8 Å². The average Bonchev–Trinajstić information content (AvgIpc) is 3.31. The van der Waals surface area contributed by atoms with Crippen LogP contribution in [0, 0.1) is 5.92 Å². The fraction of sp³-hybridized carbons (Fsp3) is 0.364. The first-order chi connectivity index (χ1) is 15.4. The summed E-state index contributed by atoms with van der Waals surface area (Å²) in [7, 11) is 0. The van der Waals surface area contributed by atoms with E-state index >= 15 is 0 Å². The topological polar surface area (TPSA) is 105 Å². The third-order valence-corrected chi connectivity index (χ3v) is 6.23. The van der Waals surface area contributed by atoms with Crippen molar-refractivity contribution in [1.29, 1.82) is 0 Å². The van der Waals surface area contributed by atoms with Crippen LogP contribution in [0.15, 0.2) is 41.8 Å². The van der Waals surface area contributed by atoms with Crippen LogP contribution in [0.25, 0.3) is 0 Å². The minimum Gasteiger partial charge on any atom is -0.455 e. The molecule has 0 unspecified atom stereocenters. The SMILES string of the molecule is O=C(COC(=O)C1CCN(C(=O)c2ccc(Cl)cc2)CC1)NC(=O)NCCc1cccs1. The molecule has 1 aromatic heterocycles. The van der Waals surface area contributed by atoms with Crippen molar-refractivity contribution < 1.29 is 23.9 Å². The Bertz CT molecular complexity index is 941. The molecule has 1 aliphatic rings. The molecule has 1 aliphatic heterocycles. The lowest BCUT2D eigenvalue weighted by atomic mass is 9.96. The Morgan fingerprint density at radius 3 is 2.47 bits per heavy atom. The summed E-state index contributed by atoms with van der Waals surface area (Å²) < 4.78 is 5.05. The van der Waals surface area contributed by atoms with Crippen molar-refractivity contribution in [2.75, 3.05) is 26.2 Å². The minimum absolute atomic E-state index is 0.113. The van der Waals surface area contributed by atoms with Crippen molar-refractivity contribution in [1.82, 2.24) is 15.5 Å². The van der Waals surface area contributed by atoms with Gasteiger partial charge in [-0.15, -0.1) is 11.3 Å². The quantitative estimate of drug-likeness (QED) is 0.596. The van der Waals surface area contributed by atoms with E-state index in [2.05, 4.69) is 10.6 Å². The number of likely N-dealkylation sites (tertiary alicyclic amines) is 1. The van der Waals surface area contributed by atoms with Crippen LogP contribution < -0.4 is 10.6 Å². The molecule has 3 rings (SSSR count). The zero-order valence-corrected chi connectivity index (χ0v) is 18.9. The Morgan fingerprint density at radius 2 is 1.81 bits per heavy atom. The molecule has 4 amide bonds. The highest BCUT2D eigenvalue weighted by atomic mass is 35.5. The van der Waals surface area contributed by atoms with Gasteiger partial charge in [-0.2, -0.15) is 0 Å². The summed E-state index contributed by atoms with van der Waals surface area (Å²) in [6.07, 6.45) is 1.57. The van der Waals surface area contributed by atoms with Crippen LogP contribution in [0.2, 0.25) is 5.02 Å². The summed E-state index contributed by atoms with van der Waals surface area (Å²) in [5.41, 5.74) is 0.542. The summed E-state index contributed by atoms with van der Waals surface area (Å²) in [5, 5.41) is 7.23. The molecular formula is C22H24ClN3O5S. The third-order valence-electron chi connectivity index (χ3n) is 5.04. The minimum atomic E-state index is -0.692. The molecule has 8 nitrogen and oxygen atoms in total. The van der Waals surface area contributed by atoms with Crippen LogP contribution >= 0.6 is 22.9 Å². The van der Waals surface area contributed by atoms with E-state index in [1.807, 2.05) is 17.5 Å². The molecule has 0 spiro atoms. The van der Waals surface area contributed by atoms with Gasteiger partial charge in [-0.05, 0) is 55.0 Å². The van der Waals surface area contributed by atoms with Crippen molar-refractivity contribution in [3.05, 3.63) is 57.2 Å². The second-order valence-electron chi connectivity index (χ2n) is 7.31. The average molecular weight is 478 g/mol. The van der Waals surface area contributed by atoms with Gasteiger partial charge >= 0.3 is 12.0 Å². The van der Waals surface area contributed by atoms with E-state index in [0.29, 0.717) is 49.5 Å². The van der Waals surface area contributed by atoms with Gasteiger partial charge in [0.2, 0.25) is 0 Å². The molecule has 32 heavy (non-hydrogen) atoms. The second-order valence-corrected chi connectivity index (χ2v) is 8.78. The summed E-state index contributed by atoms with van der Waals surface area (Å²) in [5.74, 6) is -1.70. The van der Waals surface area contributed by atoms with Crippen LogP contribution in [0.4, 0.5) is 4.79 Å². The zero-order valence-electron chi connectivity index (χ0n) is 17.3. The predicted octanol–water partition coefficient (Wildman–Crippen LogP) is 2.87. The number of nitrogens with zero attached hydrogens (tertiary/aromatic N) is 1. The highest BCUT2D eigenvalue weighted by Gasteiger charge is 2.29. The van der Waals surface area contributed by atoms with E-state index < -0.39 is 30.4 Å². The van der Waals surface area contributed by atoms with Gasteiger partial charge < -0.3 is 15.0 Å². The Balaban J connectivity index is 1.32. The Hall–Kier alpha value is -2.91. The van der Waals surface area contributed by atoms with E-state index in [1.54, 1.807) is 40.5 Å². The maximum atomic E-state index is 12.5. The number of benzene rings is 1. The van der Waals surface area contributed by atoms with Gasteiger partial charge in [0.1, 0.15) is 0 Å². The predicted molar refractivity (Wildman–Crippen MR) is 121 cm³/mol. The highest BCUT2D eigenvalue weighted by molar-refractivity contribution is 7.09. The van der Waals surface area contributed by atoms with Gasteiger partial charge in [-0.1, -0.05) is 17.7 Å². The van der Waals surface area contributed by atoms with Crippen LogP contribution in [-0.4, -0.2) is 55.0 Å². The van der Waals surface area contributed by atoms with Gasteiger partial charge in [-0.25, -0.2) is 4.79 Å². The van der Waals surface area contributed by atoms with Crippen molar-refractivity contribution in [2.45, 2.75) is 19.3 Å². The number of hydrogen-bond acceptors (Lipinski definition) is 6. The molecule has 1 saturated heterocycles. The van der Waals surface area contributed by atoms with E-state index in [0.717, 1.165) is 4.88 Å². The third kappa shape index (κ3) is 7.06. The molecule has 1 fully saturated rings. The number of carbonyl (C=O) groups is 4. The number of hydrogen-bond donors (Lipinski definition) is 2. The molecule has 0 bridgehead atoms. The van der Waals surface area contributed by atoms with Gasteiger partial charge in [0.15, 0.2) is 6.61 Å². The lowest BCUT2D eigenvalue weighted by molar-refractivity contribution is -0.153. The normalized spacial score (nSPS) is 14.0. The number of halogens is 1. The molecule has 0 atom stereocenters. The van der Waals surface area contributed by atoms with Gasteiger partial charge in [-0.3, -0.25) is 19.7 Å². The standard InChI is InChI=1S/C22H24ClN3O5S/c23-17-5-3-15(4-6-17)20(28)26-11-8-16(9-12-26)21(29)31-14-19(27)25-22(30)24-10-7-18-2-1-13-32-18/h1-6,13,16H,7-12,14H2,(H2,24,25,27,30). The summed E-state index contributed by atoms with van der Waals surface area (Å²) in [6, 6.07) is 9.93. The fourth-order valence-electron chi connectivity index (χ4n) is 3.31. The molecule has 1 aromatic carbocycles. The first kappa shape index (κ1) is 23.7. The van der Waals surface area contributed by atoms with Crippen LogP contribution in [0.5, 0.6) is 0 Å². The summed E-state index contributed by atoms with van der Waals surface area (Å²) in [6.45, 7) is 0.702. The number of imide groups is 1. The van der Waals surface area contributed by atoms with Crippen molar-refractivity contribution in [3.63, 3.8) is 0 Å². The first-order valence-electron chi connectivity index (χ1n) is 10.2. The number of piperidine rings is 1. The number of urea groups is 1. The van der Waals surface area contributed by atoms with Gasteiger partial charge in [0.25, 0.3) is 11.8 Å². The fourth-order valence-corrected chi connectivity index (χ4v) is 4.14. The second kappa shape index (κ2) is 11.6. The number of thiophene rings is 1. The molecule has 10 heteroatoms. The number of esters is 1. The summed E-state index contributed by atoms with van der Waals surface area (Å²) in [4.78, 5) is 51.2. The van der Waals surface area contributed by atoms with Gasteiger partial charge in [0.05, 0.1) is 5.92 Å². The molecule has 170 valence electrons. The molecule has 2 heterocycles. The maximum absolute atomic E-state index is 12.5. The largest absolute Gasteiger partial charge is 0.455 e. The molecular weight excluding hydrogens is 454 g/mol. The van der Waals surface area contributed by atoms with Crippen LogP contribution in [-0.2, 0) is 20.7 Å². The first-order valence-corrected chi connectivity index (χ1v) is 11.5. The molecule has 0 saturated carbocycles. The maximum Gasteiger partial charge on any atom is 0.321 e. The Labute approximate surface area is 194 Å². The molecule has 2 aromatic rings. The van der Waals surface area contributed by atoms with E-state index in [4.69, 9.17) is 16.3 Å². The number of amides is 4. The van der Waals surface area contributed by atoms with Gasteiger partial charge in [0, 0.05) is 35.1 Å². The molecule has 2 N–H and O–H groups in total.